The molecule has 0 atom stereocenters. The van der Waals surface area contributed by atoms with Gasteiger partial charge < -0.3 is 0 Å². The van der Waals surface area contributed by atoms with Gasteiger partial charge in [0, 0.05) is 0 Å². The number of allylic oxidation sites excluding steroid dienone is 1. The summed E-state index contributed by atoms with van der Waals surface area (Å²) in [6, 6.07) is 0. The van der Waals surface area contributed by atoms with Crippen molar-refractivity contribution in [2.24, 2.45) is 0 Å². The lowest BCUT2D eigenvalue weighted by Gasteiger charge is -1.73. The van der Waals surface area contributed by atoms with Crippen molar-refractivity contribution in [2.45, 2.75) is 6.92 Å². The van der Waals surface area contributed by atoms with Gasteiger partial charge in [-0.3, -0.25) is 0 Å². The van der Waals surface area contributed by atoms with E-state index in [1.807, 2.05) is 0 Å². The predicted octanol–water partition coefficient (Wildman–Crippen LogP) is 2.66. The highest BCUT2D eigenvalue weighted by atomic mass is 79.9. The van der Waals surface area contributed by atoms with Crippen molar-refractivity contribution in [3.8, 4) is 0 Å². The van der Waals surface area contributed by atoms with Gasteiger partial charge in [-0.2, -0.15) is 8.78 Å². The molecule has 7 heavy (non-hydrogen) atoms. The Morgan fingerprint density at radius 1 is 1.14 bits per heavy atom. The molecular formula is C3H4BrF3. The van der Waals surface area contributed by atoms with Gasteiger partial charge in [0.25, 0.3) is 0 Å². The Bertz CT molecular complexity index is 60.2. The van der Waals surface area contributed by atoms with Gasteiger partial charge in [-0.15, -0.1) is 17.0 Å². The molecule has 0 aliphatic rings. The maximum absolute atomic E-state index is 11.0. The molecule has 0 aliphatic carbocycles. The lowest BCUT2D eigenvalue weighted by atomic mass is 10.7. The molecule has 0 aliphatic heterocycles. The van der Waals surface area contributed by atoms with E-state index in [1.54, 1.807) is 0 Å². The van der Waals surface area contributed by atoms with Gasteiger partial charge in [-0.25, -0.2) is 4.39 Å². The van der Waals surface area contributed by atoms with Gasteiger partial charge in [0.15, 0.2) is 5.83 Å². The summed E-state index contributed by atoms with van der Waals surface area (Å²) in [5.74, 6) is -1.41. The van der Waals surface area contributed by atoms with Gasteiger partial charge in [0.1, 0.15) is 0 Å². The molecular weight excluding hydrogens is 173 g/mol. The van der Waals surface area contributed by atoms with Crippen LogP contribution in [-0.2, 0) is 0 Å². The van der Waals surface area contributed by atoms with E-state index in [0.29, 0.717) is 6.92 Å². The summed E-state index contributed by atoms with van der Waals surface area (Å²) in [5.41, 5.74) is 0. The van der Waals surface area contributed by atoms with Crippen LogP contribution in [0.15, 0.2) is 11.9 Å². The first-order valence-electron chi connectivity index (χ1n) is 1.32. The summed E-state index contributed by atoms with van der Waals surface area (Å²) < 4.78 is 32.3. The molecule has 0 fully saturated rings. The van der Waals surface area contributed by atoms with E-state index in [4.69, 9.17) is 0 Å². The Morgan fingerprint density at radius 3 is 1.29 bits per heavy atom. The third kappa shape index (κ3) is 6.01. The van der Waals surface area contributed by atoms with Crippen molar-refractivity contribution in [1.82, 2.24) is 0 Å². The van der Waals surface area contributed by atoms with E-state index < -0.39 is 11.9 Å². The molecule has 0 heterocycles. The molecule has 0 N–H and O–H groups in total. The Balaban J connectivity index is 0. The summed E-state index contributed by atoms with van der Waals surface area (Å²) in [6.45, 7) is 0.704. The first-order chi connectivity index (χ1) is 2.64. The minimum Gasteiger partial charge on any atom is -0.206 e. The van der Waals surface area contributed by atoms with Crippen LogP contribution in [0.5, 0.6) is 0 Å². The normalized spacial score (nSPS) is 6.86. The molecule has 0 nitrogen and oxygen atoms in total. The maximum atomic E-state index is 11.0. The second-order valence-corrected chi connectivity index (χ2v) is 0.794. The maximum Gasteiger partial charge on any atom is 0.301 e. The molecule has 0 aromatic heterocycles. The molecule has 0 saturated heterocycles. The highest BCUT2D eigenvalue weighted by Gasteiger charge is 1.92. The Morgan fingerprint density at radius 2 is 1.29 bits per heavy atom. The molecule has 0 spiro atoms. The summed E-state index contributed by atoms with van der Waals surface area (Å²) in [4.78, 5) is 0. The fourth-order valence-electron chi connectivity index (χ4n) is 0. The first kappa shape index (κ1) is 10.1. The van der Waals surface area contributed by atoms with Crippen molar-refractivity contribution >= 4 is 17.0 Å². The van der Waals surface area contributed by atoms with Crippen LogP contribution in [-0.4, -0.2) is 0 Å². The fourth-order valence-corrected chi connectivity index (χ4v) is 0. The fraction of sp³-hybridized carbons (Fsp3) is 0.333. The van der Waals surface area contributed by atoms with Crippen molar-refractivity contribution < 1.29 is 13.2 Å². The molecule has 0 aromatic rings. The van der Waals surface area contributed by atoms with Crippen LogP contribution in [0.4, 0.5) is 13.2 Å². The summed E-state index contributed by atoms with van der Waals surface area (Å²) in [5, 5.41) is 0. The van der Waals surface area contributed by atoms with Gasteiger partial charge in [-0.05, 0) is 6.92 Å². The lowest BCUT2D eigenvalue weighted by Crippen LogP contribution is -1.59. The van der Waals surface area contributed by atoms with Gasteiger partial charge in [0.2, 0.25) is 0 Å². The third-order valence-corrected chi connectivity index (χ3v) is 0.260. The SMILES string of the molecule is Br.CC(F)=C(F)F. The number of rotatable bonds is 0. The average molecular weight is 177 g/mol. The number of halogens is 4. The van der Waals surface area contributed by atoms with E-state index in [2.05, 4.69) is 0 Å². The minimum absolute atomic E-state index is 0. The second kappa shape index (κ2) is 4.18. The number of hydrogen-bond acceptors (Lipinski definition) is 0. The van der Waals surface area contributed by atoms with Crippen LogP contribution in [0.25, 0.3) is 0 Å². The second-order valence-electron chi connectivity index (χ2n) is 0.794. The van der Waals surface area contributed by atoms with Crippen molar-refractivity contribution in [1.29, 1.82) is 0 Å². The van der Waals surface area contributed by atoms with Crippen LogP contribution in [0.3, 0.4) is 0 Å². The van der Waals surface area contributed by atoms with Gasteiger partial charge in [0.05, 0.1) is 0 Å². The van der Waals surface area contributed by atoms with Crippen LogP contribution in [0, 0.1) is 0 Å². The third-order valence-electron chi connectivity index (χ3n) is 0.260. The average Bonchev–Trinajstić information content (AvgIpc) is 1.36. The van der Waals surface area contributed by atoms with Gasteiger partial charge in [-0.1, -0.05) is 0 Å². The van der Waals surface area contributed by atoms with Crippen LogP contribution < -0.4 is 0 Å². The quantitative estimate of drug-likeness (QED) is 0.533. The largest absolute Gasteiger partial charge is 0.301 e. The van der Waals surface area contributed by atoms with E-state index in [-0.39, 0.29) is 17.0 Å². The van der Waals surface area contributed by atoms with Crippen molar-refractivity contribution in [3.05, 3.63) is 11.9 Å². The van der Waals surface area contributed by atoms with Crippen molar-refractivity contribution in [2.75, 3.05) is 0 Å². The first-order valence-corrected chi connectivity index (χ1v) is 1.32. The molecule has 4 heteroatoms. The minimum atomic E-state index is -2.24. The Kier molecular flexibility index (Phi) is 6.02. The molecule has 0 unspecified atom stereocenters. The lowest BCUT2D eigenvalue weighted by molar-refractivity contribution is 0.380. The van der Waals surface area contributed by atoms with E-state index >= 15 is 0 Å². The summed E-state index contributed by atoms with van der Waals surface area (Å²) in [6.07, 6.45) is -2.24. The highest BCUT2D eigenvalue weighted by molar-refractivity contribution is 8.93. The molecule has 0 radical (unpaired) electrons. The molecule has 0 aromatic carbocycles. The van der Waals surface area contributed by atoms with E-state index in [0.717, 1.165) is 0 Å². The topological polar surface area (TPSA) is 0 Å². The molecule has 0 amide bonds. The monoisotopic (exact) mass is 176 g/mol. The standard InChI is InChI=1S/C3H3F3.BrH/c1-2(4)3(5)6;/h1H3;1H. The van der Waals surface area contributed by atoms with Crippen molar-refractivity contribution in [3.63, 3.8) is 0 Å². The number of hydrogen-bond donors (Lipinski definition) is 0. The molecule has 0 rings (SSSR count). The Labute approximate surface area is 49.8 Å². The highest BCUT2D eigenvalue weighted by Crippen LogP contribution is 2.05. The zero-order valence-electron chi connectivity index (χ0n) is 3.54. The van der Waals surface area contributed by atoms with E-state index in [9.17, 15) is 13.2 Å². The van der Waals surface area contributed by atoms with Crippen LogP contribution in [0.1, 0.15) is 6.92 Å². The van der Waals surface area contributed by atoms with Gasteiger partial charge >= 0.3 is 6.08 Å². The zero-order chi connectivity index (χ0) is 5.15. The molecule has 0 bridgehead atoms. The Hall–Kier alpha value is 0.01000. The molecule has 44 valence electrons. The van der Waals surface area contributed by atoms with E-state index in [1.165, 1.54) is 0 Å². The predicted molar refractivity (Wildman–Crippen MR) is 26.3 cm³/mol. The molecule has 0 saturated carbocycles. The van der Waals surface area contributed by atoms with Crippen LogP contribution >= 0.6 is 17.0 Å². The zero-order valence-corrected chi connectivity index (χ0v) is 5.26. The smallest absolute Gasteiger partial charge is 0.206 e. The summed E-state index contributed by atoms with van der Waals surface area (Å²) >= 11 is 0. The van der Waals surface area contributed by atoms with Crippen LogP contribution in [0.2, 0.25) is 0 Å². The summed E-state index contributed by atoms with van der Waals surface area (Å²) in [7, 11) is 0.